The van der Waals surface area contributed by atoms with Crippen LogP contribution in [0.3, 0.4) is 0 Å². The molecule has 0 unspecified atom stereocenters. The van der Waals surface area contributed by atoms with E-state index in [4.69, 9.17) is 4.74 Å². The summed E-state index contributed by atoms with van der Waals surface area (Å²) in [5.41, 5.74) is -12.4. The van der Waals surface area contributed by atoms with Crippen LogP contribution in [-0.2, 0) is 24.8 Å². The monoisotopic (exact) mass is 493 g/mol. The fourth-order valence-corrected chi connectivity index (χ4v) is 3.06. The van der Waals surface area contributed by atoms with Crippen LogP contribution in [0, 0.1) is 0 Å². The van der Waals surface area contributed by atoms with E-state index >= 15 is 0 Å². The van der Waals surface area contributed by atoms with Crippen LogP contribution in [0.25, 0.3) is 4.13 Å². The third-order valence-corrected chi connectivity index (χ3v) is 5.34. The molecule has 178 valence electrons. The third kappa shape index (κ3) is 13.1. The Hall–Kier alpha value is -0.850. The highest BCUT2D eigenvalue weighted by molar-refractivity contribution is 8.13. The second-order valence-electron chi connectivity index (χ2n) is 4.95. The van der Waals surface area contributed by atoms with E-state index in [0.717, 1.165) is 4.13 Å². The van der Waals surface area contributed by atoms with E-state index in [1.807, 2.05) is 6.92 Å². The van der Waals surface area contributed by atoms with Gasteiger partial charge in [0.2, 0.25) is 0 Å². The van der Waals surface area contributed by atoms with Crippen LogP contribution < -0.4 is 0 Å². The van der Waals surface area contributed by atoms with Crippen LogP contribution in [0.4, 0.5) is 39.5 Å². The van der Waals surface area contributed by atoms with Crippen molar-refractivity contribution >= 4 is 20.0 Å². The summed E-state index contributed by atoms with van der Waals surface area (Å²) in [6.07, 6.45) is -3.45. The Morgan fingerprint density at radius 3 is 1.52 bits per heavy atom. The summed E-state index contributed by atoms with van der Waals surface area (Å²) in [7, 11) is -13.4. The van der Waals surface area contributed by atoms with E-state index in [2.05, 4.69) is 0 Å². The van der Waals surface area contributed by atoms with Crippen molar-refractivity contribution in [3.05, 3.63) is 4.13 Å². The van der Waals surface area contributed by atoms with Gasteiger partial charge in [-0.2, -0.15) is 39.5 Å². The molecular weight excluding hydrogens is 475 g/mol. The average Bonchev–Trinajstić information content (AvgIpc) is 2.46. The van der Waals surface area contributed by atoms with Crippen LogP contribution >= 0.6 is 0 Å². The van der Waals surface area contributed by atoms with Gasteiger partial charge in [-0.15, -0.1) is 0 Å². The van der Waals surface area contributed by atoms with E-state index in [1.54, 1.807) is 6.92 Å². The number of halogens is 9. The predicted octanol–water partition coefficient (Wildman–Crippen LogP) is 3.36. The predicted molar refractivity (Wildman–Crippen MR) is 82.6 cm³/mol. The lowest BCUT2D eigenvalue weighted by Gasteiger charge is -2.22. The molecule has 0 aromatic carbocycles. The van der Waals surface area contributed by atoms with Gasteiger partial charge < -0.3 is 8.86 Å². The highest BCUT2D eigenvalue weighted by atomic mass is 32.3. The van der Waals surface area contributed by atoms with Gasteiger partial charge in [0.1, 0.15) is 0 Å². The molecule has 29 heavy (non-hydrogen) atoms. The molecule has 7 nitrogen and oxygen atoms in total. The van der Waals surface area contributed by atoms with Crippen molar-refractivity contribution in [1.29, 1.82) is 0 Å². The Labute approximate surface area is 161 Å². The molecule has 0 saturated heterocycles. The summed E-state index contributed by atoms with van der Waals surface area (Å²) in [6.45, 7) is 4.78. The molecular formula is C11H18F9N2O5S2-. The lowest BCUT2D eigenvalue weighted by atomic mass is 10.4. The van der Waals surface area contributed by atoms with Crippen LogP contribution in [0.2, 0.25) is 0 Å². The van der Waals surface area contributed by atoms with Crippen molar-refractivity contribution < 1.29 is 61.1 Å². The Bertz CT molecular complexity index is 630. The molecule has 18 heteroatoms. The molecule has 0 aliphatic heterocycles. The van der Waals surface area contributed by atoms with Crippen LogP contribution in [-0.4, -0.2) is 71.8 Å². The number of ether oxygens (including phenoxy) is 1. The number of rotatable bonds is 9. The van der Waals surface area contributed by atoms with Gasteiger partial charge in [0.25, 0.3) is 0 Å². The number of hydrogen-bond acceptors (Lipinski definition) is 6. The molecule has 0 spiro atoms. The number of alkyl halides is 9. The smallest absolute Gasteiger partial charge is 0.421 e. The van der Waals surface area contributed by atoms with Gasteiger partial charge in [-0.3, -0.25) is 4.90 Å². The molecule has 0 bridgehead atoms. The van der Waals surface area contributed by atoms with Crippen molar-refractivity contribution in [2.45, 2.75) is 37.5 Å². The SMILES string of the molecule is CCOCCCN(CC)CC(F)(F)F.O=S(=O)([N-]S(=O)(=O)C(F)(F)F)C(F)(F)F. The molecule has 0 amide bonds. The molecule has 0 radical (unpaired) electrons. The minimum absolute atomic E-state index is 0.422. The number of hydrogen-bond donors (Lipinski definition) is 0. The highest BCUT2D eigenvalue weighted by Crippen LogP contribution is 2.36. The number of nitrogens with zero attached hydrogens (tertiary/aromatic N) is 2. The fourth-order valence-electron chi connectivity index (χ4n) is 1.35. The third-order valence-electron chi connectivity index (χ3n) is 2.60. The van der Waals surface area contributed by atoms with E-state index in [0.29, 0.717) is 32.7 Å². The maximum Gasteiger partial charge on any atom is 0.480 e. The quantitative estimate of drug-likeness (QED) is 0.361. The highest BCUT2D eigenvalue weighted by Gasteiger charge is 2.46. The van der Waals surface area contributed by atoms with E-state index in [-0.39, 0.29) is 0 Å². The summed E-state index contributed by atoms with van der Waals surface area (Å²) in [6, 6.07) is 0. The summed E-state index contributed by atoms with van der Waals surface area (Å²) < 4.78 is 150. The first-order valence-corrected chi connectivity index (χ1v) is 10.3. The Balaban J connectivity index is 0. The zero-order valence-corrected chi connectivity index (χ0v) is 16.5. The van der Waals surface area contributed by atoms with Crippen LogP contribution in [0.5, 0.6) is 0 Å². The zero-order valence-electron chi connectivity index (χ0n) is 14.9. The summed E-state index contributed by atoms with van der Waals surface area (Å²) in [5.74, 6) is 0. The minimum Gasteiger partial charge on any atom is -0.421 e. The van der Waals surface area contributed by atoms with E-state index in [9.17, 15) is 56.3 Å². The normalized spacial score (nSPS) is 13.9. The van der Waals surface area contributed by atoms with Crippen molar-refractivity contribution in [3.8, 4) is 0 Å². The van der Waals surface area contributed by atoms with Crippen LogP contribution in [0.1, 0.15) is 20.3 Å². The Kier molecular flexibility index (Phi) is 12.1. The van der Waals surface area contributed by atoms with Gasteiger partial charge in [0.15, 0.2) is 20.0 Å². The summed E-state index contributed by atoms with van der Waals surface area (Å²) in [5, 5.41) is 0. The molecule has 0 saturated carbocycles. The first-order chi connectivity index (χ1) is 12.7. The van der Waals surface area contributed by atoms with Gasteiger partial charge in [-0.1, -0.05) is 6.92 Å². The standard InChI is InChI=1S/C9H18F3NO.C2F6NO4S2/c1-3-13(8-9(10,11)12)6-5-7-14-4-2;3-1(4,5)14(10,11)9-15(12,13)2(6,7)8/h3-8H2,1-2H3;/q;-1. The first kappa shape index (κ1) is 30.3. The molecule has 0 atom stereocenters. The van der Waals surface area contributed by atoms with E-state index in [1.165, 1.54) is 4.90 Å². The fraction of sp³-hybridized carbons (Fsp3) is 1.00. The van der Waals surface area contributed by atoms with Crippen molar-refractivity contribution in [2.75, 3.05) is 32.8 Å². The molecule has 0 heterocycles. The maximum atomic E-state index is 12.0. The maximum absolute atomic E-state index is 12.0. The zero-order chi connectivity index (χ0) is 23.7. The van der Waals surface area contributed by atoms with Gasteiger partial charge in [0.05, 0.1) is 6.54 Å². The molecule has 0 rings (SSSR count). The van der Waals surface area contributed by atoms with Gasteiger partial charge >= 0.3 is 17.2 Å². The molecule has 0 fully saturated rings. The second kappa shape index (κ2) is 11.5. The molecule has 0 N–H and O–H groups in total. The van der Waals surface area contributed by atoms with Crippen LogP contribution in [0.15, 0.2) is 0 Å². The molecule has 0 aromatic heterocycles. The van der Waals surface area contributed by atoms with Gasteiger partial charge in [-0.25, -0.2) is 16.8 Å². The van der Waals surface area contributed by atoms with Gasteiger partial charge in [0, 0.05) is 19.8 Å². The second-order valence-corrected chi connectivity index (χ2v) is 8.37. The van der Waals surface area contributed by atoms with Gasteiger partial charge in [-0.05, 0) is 19.9 Å². The van der Waals surface area contributed by atoms with Crippen molar-refractivity contribution in [1.82, 2.24) is 4.90 Å². The summed E-state index contributed by atoms with van der Waals surface area (Å²) in [4.78, 5) is 1.37. The Morgan fingerprint density at radius 1 is 0.828 bits per heavy atom. The lowest BCUT2D eigenvalue weighted by Crippen LogP contribution is -2.35. The first-order valence-electron chi connectivity index (χ1n) is 7.43. The largest absolute Gasteiger partial charge is 0.480 e. The summed E-state index contributed by atoms with van der Waals surface area (Å²) >= 11 is 0. The molecule has 0 aliphatic carbocycles. The molecule has 0 aromatic rings. The van der Waals surface area contributed by atoms with E-state index < -0.39 is 43.8 Å². The average molecular weight is 493 g/mol. The number of sulfonamides is 2. The Morgan fingerprint density at radius 2 is 1.24 bits per heavy atom. The lowest BCUT2D eigenvalue weighted by molar-refractivity contribution is -0.145. The van der Waals surface area contributed by atoms with Crippen molar-refractivity contribution in [2.24, 2.45) is 0 Å². The molecule has 0 aliphatic rings. The van der Waals surface area contributed by atoms with Crippen molar-refractivity contribution in [3.63, 3.8) is 0 Å². The minimum atomic E-state index is -6.72. The topological polar surface area (TPSA) is 94.8 Å².